The third-order valence-electron chi connectivity index (χ3n) is 7.32. The highest BCUT2D eigenvalue weighted by atomic mass is 32.2. The predicted molar refractivity (Wildman–Crippen MR) is 134 cm³/mol. The number of benzene rings is 2. The highest BCUT2D eigenvalue weighted by molar-refractivity contribution is 7.92. The Bertz CT molecular complexity index is 1430. The molecule has 0 amide bonds. The quantitative estimate of drug-likeness (QED) is 0.217. The Morgan fingerprint density at radius 2 is 1.69 bits per heavy atom. The summed E-state index contributed by atoms with van der Waals surface area (Å²) < 4.78 is 152. The van der Waals surface area contributed by atoms with Gasteiger partial charge in [0, 0.05) is 24.7 Å². The summed E-state index contributed by atoms with van der Waals surface area (Å²) >= 11 is 0. The topological polar surface area (TPSA) is 72.9 Å². The molecule has 1 atom stereocenters. The Balaban J connectivity index is 1.89. The van der Waals surface area contributed by atoms with E-state index in [1.807, 2.05) is 0 Å². The first kappa shape index (κ1) is 31.8. The van der Waals surface area contributed by atoms with Crippen LogP contribution in [0.15, 0.2) is 41.3 Å². The van der Waals surface area contributed by atoms with Gasteiger partial charge in [-0.2, -0.15) is 22.0 Å². The van der Waals surface area contributed by atoms with E-state index in [2.05, 4.69) is 0 Å². The molecular weight excluding hydrogens is 602 g/mol. The van der Waals surface area contributed by atoms with Gasteiger partial charge >= 0.3 is 17.4 Å². The van der Waals surface area contributed by atoms with Crippen LogP contribution < -0.4 is 9.64 Å². The zero-order valence-corrected chi connectivity index (χ0v) is 23.2. The number of halogens is 8. The minimum atomic E-state index is -5.80. The summed E-state index contributed by atoms with van der Waals surface area (Å²) in [6, 6.07) is 4.48. The normalized spacial score (nSPS) is 20.8. The van der Waals surface area contributed by atoms with Crippen molar-refractivity contribution >= 4 is 27.2 Å². The molecule has 232 valence electrons. The second-order valence-corrected chi connectivity index (χ2v) is 12.6. The summed E-state index contributed by atoms with van der Waals surface area (Å²) in [6.07, 6.45) is -6.87. The fourth-order valence-electron chi connectivity index (χ4n) is 4.72. The largest absolute Gasteiger partial charge is 0.492 e. The first-order valence-corrected chi connectivity index (χ1v) is 14.4. The second-order valence-electron chi connectivity index (χ2n) is 10.6. The van der Waals surface area contributed by atoms with Crippen molar-refractivity contribution in [2.45, 2.75) is 61.8 Å². The van der Waals surface area contributed by atoms with Gasteiger partial charge in [0.2, 0.25) is 15.8 Å². The van der Waals surface area contributed by atoms with Crippen LogP contribution in [0.4, 0.5) is 46.5 Å². The number of sulfone groups is 1. The highest BCUT2D eigenvalue weighted by Crippen LogP contribution is 2.52. The van der Waals surface area contributed by atoms with Gasteiger partial charge in [-0.1, -0.05) is 0 Å². The monoisotopic (exact) mass is 629 g/mol. The Morgan fingerprint density at radius 3 is 2.21 bits per heavy atom. The Kier molecular flexibility index (Phi) is 8.24. The number of carbonyl (C=O) groups is 1. The van der Waals surface area contributed by atoms with Crippen LogP contribution in [0, 0.1) is 17.2 Å². The molecule has 2 aromatic rings. The average molecular weight is 630 g/mol. The number of carbonyl (C=O) groups excluding carboxylic acids is 1. The van der Waals surface area contributed by atoms with E-state index in [1.54, 1.807) is 0 Å². The molecule has 0 bridgehead atoms. The van der Waals surface area contributed by atoms with Gasteiger partial charge in [0.25, 0.3) is 0 Å². The van der Waals surface area contributed by atoms with Crippen molar-refractivity contribution in [1.82, 2.24) is 0 Å². The van der Waals surface area contributed by atoms with Crippen LogP contribution in [0.1, 0.15) is 45.1 Å². The third kappa shape index (κ3) is 6.16. The molecule has 15 heteroatoms. The lowest BCUT2D eigenvalue weighted by atomic mass is 9.99. The van der Waals surface area contributed by atoms with Gasteiger partial charge < -0.3 is 14.4 Å². The van der Waals surface area contributed by atoms with Crippen LogP contribution in [0.25, 0.3) is 0 Å². The van der Waals surface area contributed by atoms with E-state index in [4.69, 9.17) is 9.47 Å². The second kappa shape index (κ2) is 10.9. The summed E-state index contributed by atoms with van der Waals surface area (Å²) in [6.45, 7) is 0.357. The van der Waals surface area contributed by atoms with Crippen LogP contribution >= 0.6 is 0 Å². The molecule has 1 aliphatic carbocycles. The molecule has 42 heavy (non-hydrogen) atoms. The average Bonchev–Trinajstić information content (AvgIpc) is 3.68. The minimum Gasteiger partial charge on any atom is -0.492 e. The minimum absolute atomic E-state index is 0.00902. The Labute approximate surface area is 236 Å². The summed E-state index contributed by atoms with van der Waals surface area (Å²) in [7, 11) is -5.80. The van der Waals surface area contributed by atoms with Gasteiger partial charge in [-0.15, -0.1) is 0 Å². The lowest BCUT2D eigenvalue weighted by Crippen LogP contribution is -2.40. The van der Waals surface area contributed by atoms with Gasteiger partial charge in [0.05, 0.1) is 23.8 Å². The first-order valence-electron chi connectivity index (χ1n) is 12.9. The van der Waals surface area contributed by atoms with Crippen LogP contribution in [-0.4, -0.2) is 45.3 Å². The predicted octanol–water partition coefficient (Wildman–Crippen LogP) is 7.14. The van der Waals surface area contributed by atoms with Crippen molar-refractivity contribution in [2.24, 2.45) is 11.3 Å². The van der Waals surface area contributed by atoms with E-state index in [-0.39, 0.29) is 25.1 Å². The number of ether oxygens (including phenoxy) is 2. The number of hydrogen-bond donors (Lipinski definition) is 0. The molecule has 2 aromatic carbocycles. The summed E-state index contributed by atoms with van der Waals surface area (Å²) in [5.74, 6) is -8.35. The van der Waals surface area contributed by atoms with E-state index >= 15 is 8.78 Å². The van der Waals surface area contributed by atoms with E-state index in [1.165, 1.54) is 6.92 Å². The zero-order chi connectivity index (χ0) is 31.3. The lowest BCUT2D eigenvalue weighted by molar-refractivity contribution is -0.151. The molecule has 1 heterocycles. The number of esters is 1. The third-order valence-corrected chi connectivity index (χ3v) is 9.28. The molecule has 0 saturated heterocycles. The van der Waals surface area contributed by atoms with Crippen molar-refractivity contribution < 1.29 is 57.8 Å². The van der Waals surface area contributed by atoms with Crippen molar-refractivity contribution in [3.8, 4) is 5.75 Å². The summed E-state index contributed by atoms with van der Waals surface area (Å²) in [5.41, 5.74) is -3.77. The fraction of sp³-hybridized carbons (Fsp3) is 0.519. The van der Waals surface area contributed by atoms with Gasteiger partial charge in [-0.3, -0.25) is 4.79 Å². The number of rotatable bonds is 9. The first-order chi connectivity index (χ1) is 19.3. The molecule has 0 aromatic heterocycles. The molecule has 1 aliphatic heterocycles. The summed E-state index contributed by atoms with van der Waals surface area (Å²) in [4.78, 5) is 11.8. The SMILES string of the molecule is CCOC(=O)C1(COc2cc3c(cc2C(F)(F)F)N(c2ccc(F)cc2)C[C@H](CCC(C)(F)F)C(F)(F)S3(=O)=O)CC1. The van der Waals surface area contributed by atoms with Crippen molar-refractivity contribution in [2.75, 3.05) is 24.7 Å². The standard InChI is InChI=1S/C27H27F8NO5S/c1-3-40-23(37)25(10-11-25)15-41-21-13-22-20(12-19(21)26(31,32)33)36(18-6-4-17(28)5-7-18)14-16(8-9-24(2,29)30)27(34,35)42(22,38)39/h4-7,12-13,16H,3,8-11,14-15H2,1-2H3/t16-/m0/s1. The Morgan fingerprint density at radius 1 is 1.07 bits per heavy atom. The van der Waals surface area contributed by atoms with Crippen molar-refractivity contribution in [1.29, 1.82) is 0 Å². The Hall–Kier alpha value is -3.10. The van der Waals surface area contributed by atoms with Crippen molar-refractivity contribution in [3.63, 3.8) is 0 Å². The molecular formula is C27H27F8NO5S. The van der Waals surface area contributed by atoms with E-state index < -0.39 is 98.2 Å². The molecule has 1 saturated carbocycles. The molecule has 0 unspecified atom stereocenters. The van der Waals surface area contributed by atoms with Gasteiger partial charge in [-0.25, -0.2) is 21.6 Å². The van der Waals surface area contributed by atoms with Crippen LogP contribution in [0.3, 0.4) is 0 Å². The zero-order valence-electron chi connectivity index (χ0n) is 22.4. The van der Waals surface area contributed by atoms with Crippen LogP contribution in [0.2, 0.25) is 0 Å². The van der Waals surface area contributed by atoms with Crippen LogP contribution in [-0.2, 0) is 25.5 Å². The molecule has 0 radical (unpaired) electrons. The molecule has 0 N–H and O–H groups in total. The van der Waals surface area contributed by atoms with E-state index in [0.717, 1.165) is 29.2 Å². The maximum absolute atomic E-state index is 15.7. The van der Waals surface area contributed by atoms with E-state index in [9.17, 15) is 39.6 Å². The molecule has 4 rings (SSSR count). The van der Waals surface area contributed by atoms with E-state index in [0.29, 0.717) is 19.1 Å². The molecule has 2 aliphatic rings. The van der Waals surface area contributed by atoms with Crippen LogP contribution in [0.5, 0.6) is 5.75 Å². The fourth-order valence-corrected chi connectivity index (χ4v) is 6.35. The van der Waals surface area contributed by atoms with Crippen molar-refractivity contribution in [3.05, 3.63) is 47.8 Å². The summed E-state index contributed by atoms with van der Waals surface area (Å²) in [5, 5.41) is -4.69. The van der Waals surface area contributed by atoms with Gasteiger partial charge in [0.1, 0.15) is 28.5 Å². The van der Waals surface area contributed by atoms with Gasteiger partial charge in [-0.05, 0) is 63.4 Å². The highest BCUT2D eigenvalue weighted by Gasteiger charge is 2.57. The van der Waals surface area contributed by atoms with Gasteiger partial charge in [0.15, 0.2) is 0 Å². The number of hydrogen-bond acceptors (Lipinski definition) is 6. The maximum Gasteiger partial charge on any atom is 0.420 e. The smallest absolute Gasteiger partial charge is 0.420 e. The number of alkyl halides is 7. The molecule has 6 nitrogen and oxygen atoms in total. The number of nitrogens with zero attached hydrogens (tertiary/aromatic N) is 1. The lowest BCUT2D eigenvalue weighted by Gasteiger charge is -2.30. The maximum atomic E-state index is 15.7. The molecule has 0 spiro atoms. The molecule has 1 fully saturated rings. The number of anilines is 2. The number of fused-ring (bicyclic) bond motifs is 1.